The number of rotatable bonds is 7. The molecule has 0 amide bonds. The topological polar surface area (TPSA) is 76.0 Å². The van der Waals surface area contributed by atoms with Gasteiger partial charge in [-0.3, -0.25) is 4.79 Å². The van der Waals surface area contributed by atoms with Crippen LogP contribution < -0.4 is 0 Å². The Labute approximate surface area is 91.0 Å². The third-order valence-electron chi connectivity index (χ3n) is 1.23. The lowest BCUT2D eigenvalue weighted by atomic mass is 10.3. The number of ether oxygens (including phenoxy) is 2. The van der Waals surface area contributed by atoms with Crippen molar-refractivity contribution in [1.82, 2.24) is 0 Å². The summed E-state index contributed by atoms with van der Waals surface area (Å²) in [6.07, 6.45) is 1.42. The number of hydrogen-bond donors (Lipinski definition) is 2. The molecule has 0 radical (unpaired) electrons. The Kier molecular flexibility index (Phi) is 17.7. The van der Waals surface area contributed by atoms with E-state index in [0.717, 1.165) is 6.42 Å². The molecule has 0 saturated heterocycles. The van der Waals surface area contributed by atoms with E-state index in [-0.39, 0.29) is 19.2 Å². The minimum absolute atomic E-state index is 0.0278. The van der Waals surface area contributed by atoms with Crippen molar-refractivity contribution < 1.29 is 24.5 Å². The second-order valence-electron chi connectivity index (χ2n) is 2.61. The Morgan fingerprint density at radius 3 is 2.00 bits per heavy atom. The van der Waals surface area contributed by atoms with Gasteiger partial charge in [-0.15, -0.1) is 0 Å². The van der Waals surface area contributed by atoms with Crippen LogP contribution in [0.4, 0.5) is 0 Å². The highest BCUT2D eigenvalue weighted by molar-refractivity contribution is 5.69. The summed E-state index contributed by atoms with van der Waals surface area (Å²) in [6, 6.07) is 0. The van der Waals surface area contributed by atoms with E-state index in [2.05, 4.69) is 9.47 Å². The Morgan fingerprint density at radius 1 is 1.13 bits per heavy atom. The number of aliphatic hydroxyl groups is 2. The Morgan fingerprint density at radius 2 is 1.67 bits per heavy atom. The Bertz CT molecular complexity index is 115. The van der Waals surface area contributed by atoms with Gasteiger partial charge < -0.3 is 19.7 Å². The molecule has 0 aliphatic heterocycles. The summed E-state index contributed by atoms with van der Waals surface area (Å²) in [5, 5.41) is 16.2. The molecule has 0 aromatic carbocycles. The smallest absolute Gasteiger partial charge is 0.305 e. The molecule has 5 heteroatoms. The van der Waals surface area contributed by atoms with E-state index < -0.39 is 0 Å². The maximum atomic E-state index is 10.4. The number of aliphatic hydroxyl groups excluding tert-OH is 2. The molecular weight excluding hydrogens is 200 g/mol. The predicted octanol–water partition coefficient (Wildman–Crippen LogP) is 0.337. The van der Waals surface area contributed by atoms with Crippen LogP contribution >= 0.6 is 0 Å². The monoisotopic (exact) mass is 222 g/mol. The normalized spacial score (nSPS) is 9.07. The third-order valence-corrected chi connectivity index (χ3v) is 1.23. The van der Waals surface area contributed by atoms with Crippen LogP contribution in [0.15, 0.2) is 0 Å². The quantitative estimate of drug-likeness (QED) is 0.480. The maximum absolute atomic E-state index is 10.4. The van der Waals surface area contributed by atoms with Gasteiger partial charge in [0.15, 0.2) is 0 Å². The summed E-state index contributed by atoms with van der Waals surface area (Å²) in [5.74, 6) is -0.0880. The molecule has 0 rings (SSSR count). The van der Waals surface area contributed by atoms with Gasteiger partial charge in [0.05, 0.1) is 33.0 Å². The average Bonchev–Trinajstić information content (AvgIpc) is 2.20. The van der Waals surface area contributed by atoms with Gasteiger partial charge in [0, 0.05) is 6.42 Å². The molecule has 0 aromatic rings. The highest BCUT2D eigenvalue weighted by Crippen LogP contribution is 1.89. The van der Waals surface area contributed by atoms with E-state index in [4.69, 9.17) is 10.2 Å². The van der Waals surface area contributed by atoms with Crippen LogP contribution in [0.1, 0.15) is 26.7 Å². The molecule has 5 nitrogen and oxygen atoms in total. The standard InChI is InChI=1S/C6H12O2.C4H10O3/c1-3-5-6(7)8-4-2;5-1-3-7-4-2-6/h3-5H2,1-2H3;5-6H,1-4H2. The number of carbonyl (C=O) groups is 1. The second-order valence-corrected chi connectivity index (χ2v) is 2.61. The Hall–Kier alpha value is -0.650. The fourth-order valence-corrected chi connectivity index (χ4v) is 0.668. The molecule has 2 N–H and O–H groups in total. The molecule has 0 aromatic heterocycles. The van der Waals surface area contributed by atoms with E-state index >= 15 is 0 Å². The second kappa shape index (κ2) is 15.8. The van der Waals surface area contributed by atoms with E-state index in [1.165, 1.54) is 0 Å². The first-order valence-electron chi connectivity index (χ1n) is 5.17. The van der Waals surface area contributed by atoms with Crippen LogP contribution in [0.5, 0.6) is 0 Å². The van der Waals surface area contributed by atoms with E-state index in [9.17, 15) is 4.79 Å². The van der Waals surface area contributed by atoms with Crippen molar-refractivity contribution in [3.63, 3.8) is 0 Å². The van der Waals surface area contributed by atoms with Crippen LogP contribution in [-0.2, 0) is 14.3 Å². The van der Waals surface area contributed by atoms with E-state index in [0.29, 0.717) is 26.2 Å². The largest absolute Gasteiger partial charge is 0.466 e. The van der Waals surface area contributed by atoms with Gasteiger partial charge in [-0.05, 0) is 13.3 Å². The van der Waals surface area contributed by atoms with Gasteiger partial charge in [0.1, 0.15) is 0 Å². The highest BCUT2D eigenvalue weighted by Gasteiger charge is 1.95. The summed E-state index contributed by atoms with van der Waals surface area (Å²) >= 11 is 0. The van der Waals surface area contributed by atoms with E-state index in [1.807, 2.05) is 13.8 Å². The third kappa shape index (κ3) is 19.7. The molecule has 0 atom stereocenters. The molecule has 0 unspecified atom stereocenters. The minimum Gasteiger partial charge on any atom is -0.466 e. The minimum atomic E-state index is -0.0880. The van der Waals surface area contributed by atoms with Gasteiger partial charge in [0.2, 0.25) is 0 Å². The van der Waals surface area contributed by atoms with Crippen molar-refractivity contribution >= 4 is 5.97 Å². The molecule has 0 saturated carbocycles. The van der Waals surface area contributed by atoms with Crippen LogP contribution in [0.3, 0.4) is 0 Å². The zero-order valence-corrected chi connectivity index (χ0v) is 9.57. The fourth-order valence-electron chi connectivity index (χ4n) is 0.668. The van der Waals surface area contributed by atoms with E-state index in [1.54, 1.807) is 0 Å². The van der Waals surface area contributed by atoms with Gasteiger partial charge in [-0.2, -0.15) is 0 Å². The van der Waals surface area contributed by atoms with Crippen molar-refractivity contribution in [2.24, 2.45) is 0 Å². The zero-order chi connectivity index (χ0) is 11.9. The summed E-state index contributed by atoms with van der Waals surface area (Å²) < 4.78 is 9.28. The lowest BCUT2D eigenvalue weighted by Gasteiger charge is -1.96. The average molecular weight is 222 g/mol. The number of hydrogen-bond acceptors (Lipinski definition) is 5. The molecule has 15 heavy (non-hydrogen) atoms. The Balaban J connectivity index is 0. The molecule has 0 spiro atoms. The van der Waals surface area contributed by atoms with Gasteiger partial charge in [0.25, 0.3) is 0 Å². The number of esters is 1. The SMILES string of the molecule is CCCC(=O)OCC.OCCOCCO. The molecule has 0 fully saturated rings. The zero-order valence-electron chi connectivity index (χ0n) is 9.57. The number of carbonyl (C=O) groups excluding carboxylic acids is 1. The fraction of sp³-hybridized carbons (Fsp3) is 0.900. The molecule has 92 valence electrons. The first kappa shape index (κ1) is 16.8. The molecule has 0 aliphatic rings. The van der Waals surface area contributed by atoms with Gasteiger partial charge >= 0.3 is 5.97 Å². The molecule has 0 heterocycles. The van der Waals surface area contributed by atoms with Crippen molar-refractivity contribution in [2.45, 2.75) is 26.7 Å². The first-order valence-corrected chi connectivity index (χ1v) is 5.17. The lowest BCUT2D eigenvalue weighted by molar-refractivity contribution is -0.143. The molecular formula is C10H22O5. The van der Waals surface area contributed by atoms with Crippen molar-refractivity contribution in [2.75, 3.05) is 33.0 Å². The highest BCUT2D eigenvalue weighted by atomic mass is 16.5. The van der Waals surface area contributed by atoms with Gasteiger partial charge in [-0.25, -0.2) is 0 Å². The predicted molar refractivity (Wildman–Crippen MR) is 56.5 cm³/mol. The summed E-state index contributed by atoms with van der Waals surface area (Å²) in [6.45, 7) is 4.96. The van der Waals surface area contributed by atoms with Crippen molar-refractivity contribution in [1.29, 1.82) is 0 Å². The lowest BCUT2D eigenvalue weighted by Crippen LogP contribution is -2.03. The van der Waals surface area contributed by atoms with Crippen molar-refractivity contribution in [3.8, 4) is 0 Å². The van der Waals surface area contributed by atoms with Crippen molar-refractivity contribution in [3.05, 3.63) is 0 Å². The van der Waals surface area contributed by atoms with Crippen LogP contribution in [0, 0.1) is 0 Å². The molecule has 0 bridgehead atoms. The maximum Gasteiger partial charge on any atom is 0.305 e. The van der Waals surface area contributed by atoms with Crippen LogP contribution in [-0.4, -0.2) is 49.2 Å². The summed E-state index contributed by atoms with van der Waals surface area (Å²) in [7, 11) is 0. The van der Waals surface area contributed by atoms with Crippen LogP contribution in [0.25, 0.3) is 0 Å². The summed E-state index contributed by atoms with van der Waals surface area (Å²) in [4.78, 5) is 10.4. The van der Waals surface area contributed by atoms with Crippen LogP contribution in [0.2, 0.25) is 0 Å². The first-order chi connectivity index (χ1) is 7.22. The van der Waals surface area contributed by atoms with Gasteiger partial charge in [-0.1, -0.05) is 6.92 Å². The summed E-state index contributed by atoms with van der Waals surface area (Å²) in [5.41, 5.74) is 0. The molecule has 0 aliphatic carbocycles.